The average molecular weight is 621 g/mol. The fourth-order valence-electron chi connectivity index (χ4n) is 5.10. The van der Waals surface area contributed by atoms with Crippen molar-refractivity contribution >= 4 is 28.5 Å². The van der Waals surface area contributed by atoms with Gasteiger partial charge in [-0.2, -0.15) is 0 Å². The highest BCUT2D eigenvalue weighted by Gasteiger charge is 2.18. The van der Waals surface area contributed by atoms with Crippen molar-refractivity contribution in [1.82, 2.24) is 15.2 Å². The lowest BCUT2D eigenvalue weighted by Gasteiger charge is -2.28. The zero-order chi connectivity index (χ0) is 31.8. The average Bonchev–Trinajstić information content (AvgIpc) is 3.02. The van der Waals surface area contributed by atoms with Crippen molar-refractivity contribution in [3.8, 4) is 23.0 Å². The van der Waals surface area contributed by atoms with E-state index in [0.717, 1.165) is 32.0 Å². The third-order valence-electron chi connectivity index (χ3n) is 7.31. The van der Waals surface area contributed by atoms with Gasteiger partial charge in [-0.3, -0.25) is 15.1 Å². The second-order valence-corrected chi connectivity index (χ2v) is 10.7. The Labute approximate surface area is 258 Å². The Kier molecular flexibility index (Phi) is 10.4. The van der Waals surface area contributed by atoms with Crippen LogP contribution < -0.4 is 24.8 Å². The Morgan fingerprint density at radius 1 is 0.956 bits per heavy atom. The van der Waals surface area contributed by atoms with E-state index in [1.807, 2.05) is 0 Å². The summed E-state index contributed by atoms with van der Waals surface area (Å²) in [6.45, 7) is 2.55. The van der Waals surface area contributed by atoms with Gasteiger partial charge in [-0.25, -0.2) is 13.6 Å². The van der Waals surface area contributed by atoms with E-state index in [1.54, 1.807) is 24.3 Å². The maximum Gasteiger partial charge on any atom is 0.325 e. The van der Waals surface area contributed by atoms with Crippen LogP contribution in [0.5, 0.6) is 23.0 Å². The molecule has 2 heterocycles. The number of aliphatic hydroxyl groups is 1. The lowest BCUT2D eigenvalue weighted by Crippen LogP contribution is -2.38. The predicted molar refractivity (Wildman–Crippen MR) is 164 cm³/mol. The quantitative estimate of drug-likeness (QED) is 0.203. The molecule has 1 aliphatic rings. The van der Waals surface area contributed by atoms with Gasteiger partial charge in [0.1, 0.15) is 24.3 Å². The van der Waals surface area contributed by atoms with Crippen molar-refractivity contribution in [3.05, 3.63) is 84.1 Å². The molecule has 0 saturated carbocycles. The lowest BCUT2D eigenvalue weighted by atomic mass is 10.1. The Balaban J connectivity index is 1.22. The van der Waals surface area contributed by atoms with Crippen LogP contribution in [0.2, 0.25) is 0 Å². The number of anilines is 1. The van der Waals surface area contributed by atoms with E-state index in [0.29, 0.717) is 34.7 Å². The summed E-state index contributed by atoms with van der Waals surface area (Å²) < 4.78 is 46.1. The summed E-state index contributed by atoms with van der Waals surface area (Å²) in [6.07, 6.45) is 3.99. The number of carbonyl (C=O) groups is 2. The number of pyridine rings is 1. The van der Waals surface area contributed by atoms with Crippen LogP contribution in [0.3, 0.4) is 0 Å². The number of imide groups is 1. The number of methoxy groups -OCH3 is 1. The zero-order valence-electron chi connectivity index (χ0n) is 24.7. The molecule has 236 valence electrons. The lowest BCUT2D eigenvalue weighted by molar-refractivity contribution is -0.119. The fourth-order valence-corrected chi connectivity index (χ4v) is 5.10. The number of amides is 3. The highest BCUT2D eigenvalue weighted by atomic mass is 19.1. The molecule has 1 aliphatic heterocycles. The molecule has 5 rings (SSSR count). The third-order valence-corrected chi connectivity index (χ3v) is 7.31. The van der Waals surface area contributed by atoms with Gasteiger partial charge in [0.2, 0.25) is 5.91 Å². The molecule has 0 aliphatic carbocycles. The molecule has 3 amide bonds. The Morgan fingerprint density at radius 3 is 2.51 bits per heavy atom. The summed E-state index contributed by atoms with van der Waals surface area (Å²) in [5, 5.41) is 15.5. The molecule has 0 bridgehead atoms. The van der Waals surface area contributed by atoms with Gasteiger partial charge in [-0.15, -0.1) is 0 Å². The Hall–Kier alpha value is -4.81. The van der Waals surface area contributed by atoms with Crippen LogP contribution in [0.1, 0.15) is 24.8 Å². The molecule has 1 saturated heterocycles. The van der Waals surface area contributed by atoms with Crippen molar-refractivity contribution in [2.75, 3.05) is 38.7 Å². The standard InChI is InChI=1S/C33H34F2N4O6/c1-43-30-17-24-27(18-31(30)44-20-23(40)19-39-13-5-2-6-14-39)36-12-11-28(24)45-29-10-9-22(16-26(29)35)37-33(42)38-32(41)15-21-7-3-4-8-25(21)34/h3-4,7-12,16-18,23,40H,2,5-6,13-15,19-20H2,1H3,(H2,37,38,41,42). The van der Waals surface area contributed by atoms with Gasteiger partial charge in [0, 0.05) is 35.9 Å². The van der Waals surface area contributed by atoms with Gasteiger partial charge >= 0.3 is 6.03 Å². The first-order valence-corrected chi connectivity index (χ1v) is 14.6. The number of likely N-dealkylation sites (tertiary alicyclic amines) is 1. The van der Waals surface area contributed by atoms with Crippen molar-refractivity contribution in [3.63, 3.8) is 0 Å². The molecule has 1 atom stereocenters. The zero-order valence-corrected chi connectivity index (χ0v) is 24.7. The minimum Gasteiger partial charge on any atom is -0.493 e. The number of ether oxygens (including phenoxy) is 3. The van der Waals surface area contributed by atoms with Gasteiger partial charge in [0.05, 0.1) is 19.0 Å². The van der Waals surface area contributed by atoms with Crippen LogP contribution in [0, 0.1) is 11.6 Å². The van der Waals surface area contributed by atoms with Crippen molar-refractivity contribution in [2.45, 2.75) is 31.8 Å². The number of fused-ring (bicyclic) bond motifs is 1. The van der Waals surface area contributed by atoms with Gasteiger partial charge in [0.25, 0.3) is 0 Å². The minimum atomic E-state index is -0.895. The summed E-state index contributed by atoms with van der Waals surface area (Å²) in [6, 6.07) is 13.5. The molecule has 1 fully saturated rings. The van der Waals surface area contributed by atoms with Crippen molar-refractivity contribution in [1.29, 1.82) is 0 Å². The number of carbonyl (C=O) groups excluding carboxylic acids is 2. The summed E-state index contributed by atoms with van der Waals surface area (Å²) in [4.78, 5) is 31.0. The number of rotatable bonds is 11. The first-order valence-electron chi connectivity index (χ1n) is 14.6. The summed E-state index contributed by atoms with van der Waals surface area (Å²) in [5.41, 5.74) is 0.716. The first kappa shape index (κ1) is 31.6. The topological polar surface area (TPSA) is 122 Å². The smallest absolute Gasteiger partial charge is 0.325 e. The highest BCUT2D eigenvalue weighted by Crippen LogP contribution is 2.38. The highest BCUT2D eigenvalue weighted by molar-refractivity contribution is 6.01. The number of β-amino-alcohol motifs (C(OH)–C–C–N with tert-alkyl or cyclic N) is 1. The molecule has 10 nitrogen and oxygen atoms in total. The number of hydrogen-bond acceptors (Lipinski definition) is 8. The van der Waals surface area contributed by atoms with E-state index < -0.39 is 29.7 Å². The largest absolute Gasteiger partial charge is 0.493 e. The summed E-state index contributed by atoms with van der Waals surface area (Å²) in [7, 11) is 1.49. The van der Waals surface area contributed by atoms with E-state index in [4.69, 9.17) is 14.2 Å². The molecule has 0 spiro atoms. The fraction of sp³-hybridized carbons (Fsp3) is 0.303. The maximum absolute atomic E-state index is 15.0. The number of urea groups is 1. The van der Waals surface area contributed by atoms with Crippen LogP contribution >= 0.6 is 0 Å². The predicted octanol–water partition coefficient (Wildman–Crippen LogP) is 5.43. The first-order chi connectivity index (χ1) is 21.8. The number of aromatic nitrogens is 1. The molecule has 3 aromatic carbocycles. The number of hydrogen-bond donors (Lipinski definition) is 3. The monoisotopic (exact) mass is 620 g/mol. The number of benzene rings is 3. The normalized spacial score (nSPS) is 14.0. The van der Waals surface area contributed by atoms with Crippen LogP contribution in [0.25, 0.3) is 10.9 Å². The molecule has 0 radical (unpaired) electrons. The molecule has 1 unspecified atom stereocenters. The van der Waals surface area contributed by atoms with Gasteiger partial charge in [-0.05, 0) is 61.8 Å². The molecule has 12 heteroatoms. The molecule has 4 aromatic rings. The second kappa shape index (κ2) is 14.8. The molecule has 45 heavy (non-hydrogen) atoms. The van der Waals surface area contributed by atoms with Gasteiger partial charge in [-0.1, -0.05) is 24.6 Å². The number of aliphatic hydroxyl groups excluding tert-OH is 1. The number of nitrogens with one attached hydrogen (secondary N) is 2. The summed E-state index contributed by atoms with van der Waals surface area (Å²) >= 11 is 0. The van der Waals surface area contributed by atoms with E-state index in [9.17, 15) is 19.1 Å². The van der Waals surface area contributed by atoms with Gasteiger partial charge in [0.15, 0.2) is 23.1 Å². The van der Waals surface area contributed by atoms with E-state index in [1.165, 1.54) is 50.1 Å². The number of piperidine rings is 1. The molecular weight excluding hydrogens is 586 g/mol. The van der Waals surface area contributed by atoms with Gasteiger partial charge < -0.3 is 29.5 Å². The molecule has 1 aromatic heterocycles. The third kappa shape index (κ3) is 8.43. The van der Waals surface area contributed by atoms with Crippen LogP contribution in [-0.2, 0) is 11.2 Å². The van der Waals surface area contributed by atoms with Crippen molar-refractivity contribution < 1.29 is 37.7 Å². The van der Waals surface area contributed by atoms with Crippen LogP contribution in [0.4, 0.5) is 19.3 Å². The Morgan fingerprint density at radius 2 is 1.76 bits per heavy atom. The minimum absolute atomic E-state index is 0.0709. The number of nitrogens with zero attached hydrogens (tertiary/aromatic N) is 2. The van der Waals surface area contributed by atoms with Crippen LogP contribution in [0.15, 0.2) is 66.9 Å². The van der Waals surface area contributed by atoms with E-state index >= 15 is 4.39 Å². The van der Waals surface area contributed by atoms with Crippen LogP contribution in [-0.4, -0.2) is 66.4 Å². The molecule has 3 N–H and O–H groups in total. The number of halogens is 2. The second-order valence-electron chi connectivity index (χ2n) is 10.7. The SMILES string of the molecule is COc1cc2c(Oc3ccc(NC(=O)NC(=O)Cc4ccccc4F)cc3F)ccnc2cc1OCC(O)CN1CCCCC1. The molecular formula is C33H34F2N4O6. The van der Waals surface area contributed by atoms with E-state index in [2.05, 4.69) is 20.5 Å². The van der Waals surface area contributed by atoms with E-state index in [-0.39, 0.29) is 30.0 Å². The Bertz CT molecular complexity index is 1660. The van der Waals surface area contributed by atoms with Crippen molar-refractivity contribution in [2.24, 2.45) is 0 Å². The maximum atomic E-state index is 15.0. The summed E-state index contributed by atoms with van der Waals surface area (Å²) in [5.74, 6) is -1.08.